The van der Waals surface area contributed by atoms with Crippen molar-refractivity contribution in [3.8, 4) is 5.75 Å². The average molecular weight is 593 g/mol. The lowest BCUT2D eigenvalue weighted by Gasteiger charge is -2.26. The van der Waals surface area contributed by atoms with Gasteiger partial charge in [-0.25, -0.2) is 4.98 Å². The summed E-state index contributed by atoms with van der Waals surface area (Å²) < 4.78 is 5.56. The van der Waals surface area contributed by atoms with E-state index in [1.54, 1.807) is 19.4 Å². The molecule has 0 aromatic carbocycles. The Morgan fingerprint density at radius 2 is 1.90 bits per heavy atom. The van der Waals surface area contributed by atoms with Crippen molar-refractivity contribution in [1.82, 2.24) is 30.2 Å². The van der Waals surface area contributed by atoms with Gasteiger partial charge in [0.05, 0.1) is 36.0 Å². The number of hydrogen-bond acceptors (Lipinski definition) is 8. The molecule has 0 radical (unpaired) electrons. The predicted octanol–water partition coefficient (Wildman–Crippen LogP) is 3.98. The summed E-state index contributed by atoms with van der Waals surface area (Å²) in [6, 6.07) is 0. The Bertz CT molecular complexity index is 1580. The summed E-state index contributed by atoms with van der Waals surface area (Å²) in [7, 11) is 1.61. The molecule has 5 rings (SSSR count). The van der Waals surface area contributed by atoms with Crippen LogP contribution in [0.3, 0.4) is 0 Å². The van der Waals surface area contributed by atoms with E-state index in [0.29, 0.717) is 51.9 Å². The number of amides is 2. The zero-order valence-corrected chi connectivity index (χ0v) is 25.5. The number of likely N-dealkylation sites (tertiary alicyclic amines) is 1. The highest BCUT2D eigenvalue weighted by Gasteiger charge is 2.38. The molecule has 42 heavy (non-hydrogen) atoms. The summed E-state index contributed by atoms with van der Waals surface area (Å²) in [4.78, 5) is 47.3. The van der Waals surface area contributed by atoms with E-state index in [1.165, 1.54) is 24.2 Å². The van der Waals surface area contributed by atoms with Gasteiger partial charge in [0.25, 0.3) is 11.8 Å². The van der Waals surface area contributed by atoms with Crippen LogP contribution in [0.4, 0.5) is 11.8 Å². The summed E-state index contributed by atoms with van der Waals surface area (Å²) in [5, 5.41) is 3.13. The first-order valence-corrected chi connectivity index (χ1v) is 14.5. The topological polar surface area (TPSA) is 142 Å². The Morgan fingerprint density at radius 1 is 1.17 bits per heavy atom. The number of nitrogens with two attached hydrogens (primary N) is 1. The molecule has 1 fully saturated rings. The number of fused-ring (bicyclic) bond motifs is 1. The van der Waals surface area contributed by atoms with Gasteiger partial charge >= 0.3 is 0 Å². The SMILES string of the molecule is COc1c(C)cnc(CN2C(=O)C(=Cc3[nH]c(C)c(C(=O)NCCN4CCCCC4)c3C)c3c(Cl)nc(N)nc32)c1C. The molecule has 12 heteroatoms. The number of methoxy groups -OCH3 is 1. The number of ether oxygens (including phenoxy) is 1. The Labute approximate surface area is 250 Å². The van der Waals surface area contributed by atoms with Crippen LogP contribution in [0.5, 0.6) is 5.75 Å². The minimum Gasteiger partial charge on any atom is -0.496 e. The third-order valence-electron chi connectivity index (χ3n) is 8.08. The number of halogens is 1. The number of aromatic amines is 1. The van der Waals surface area contributed by atoms with Crippen molar-refractivity contribution in [3.63, 3.8) is 0 Å². The summed E-state index contributed by atoms with van der Waals surface area (Å²) in [5.74, 6) is 0.501. The second kappa shape index (κ2) is 12.1. The van der Waals surface area contributed by atoms with Gasteiger partial charge in [-0.3, -0.25) is 19.5 Å². The molecule has 2 aliphatic rings. The van der Waals surface area contributed by atoms with Gasteiger partial charge in [0.1, 0.15) is 10.9 Å². The second-order valence-electron chi connectivity index (χ2n) is 10.9. The molecule has 2 aliphatic heterocycles. The van der Waals surface area contributed by atoms with Gasteiger partial charge in [0.15, 0.2) is 5.82 Å². The average Bonchev–Trinajstić information content (AvgIpc) is 3.38. The van der Waals surface area contributed by atoms with E-state index in [0.717, 1.165) is 36.3 Å². The largest absolute Gasteiger partial charge is 0.496 e. The van der Waals surface area contributed by atoms with E-state index >= 15 is 0 Å². The predicted molar refractivity (Wildman–Crippen MR) is 164 cm³/mol. The molecule has 0 saturated carbocycles. The molecule has 4 N–H and O–H groups in total. The molecule has 5 heterocycles. The Kier molecular flexibility index (Phi) is 8.51. The lowest BCUT2D eigenvalue weighted by molar-refractivity contribution is -0.113. The van der Waals surface area contributed by atoms with E-state index in [1.807, 2.05) is 27.7 Å². The van der Waals surface area contributed by atoms with Crippen LogP contribution in [0.15, 0.2) is 6.20 Å². The minimum absolute atomic E-state index is 0.0422. The first-order chi connectivity index (χ1) is 20.1. The fourth-order valence-corrected chi connectivity index (χ4v) is 6.15. The van der Waals surface area contributed by atoms with E-state index < -0.39 is 0 Å². The Hall–Kier alpha value is -3.96. The quantitative estimate of drug-likeness (QED) is 0.263. The number of piperidine rings is 1. The number of nitrogens with zero attached hydrogens (tertiary/aromatic N) is 5. The smallest absolute Gasteiger partial charge is 0.260 e. The van der Waals surface area contributed by atoms with Gasteiger partial charge in [-0.15, -0.1) is 0 Å². The molecule has 0 aliphatic carbocycles. The maximum absolute atomic E-state index is 13.9. The van der Waals surface area contributed by atoms with E-state index in [4.69, 9.17) is 22.1 Å². The number of aromatic nitrogens is 4. The Morgan fingerprint density at radius 3 is 2.62 bits per heavy atom. The second-order valence-corrected chi connectivity index (χ2v) is 11.2. The molecular formula is C30H37ClN8O3. The van der Waals surface area contributed by atoms with Crippen LogP contribution in [0.1, 0.15) is 69.0 Å². The summed E-state index contributed by atoms with van der Waals surface area (Å²) >= 11 is 6.55. The van der Waals surface area contributed by atoms with Crippen molar-refractivity contribution in [2.45, 2.75) is 53.5 Å². The molecule has 1 saturated heterocycles. The highest BCUT2D eigenvalue weighted by molar-refractivity contribution is 6.41. The number of carbonyl (C=O) groups excluding carboxylic acids is 2. The standard InChI is InChI=1S/C30H37ClN8O3/c1-16-14-34-22(18(3)25(16)42-5)15-39-27-24(26(31)36-30(32)37-27)20(29(39)41)13-21-17(2)23(19(4)35-21)28(40)33-9-12-38-10-7-6-8-11-38/h13-14,35H,6-12,15H2,1-5H3,(H,33,40)(H2,32,36,37). The van der Waals surface area contributed by atoms with Gasteiger partial charge in [0.2, 0.25) is 5.95 Å². The zero-order valence-electron chi connectivity index (χ0n) is 24.7. The van der Waals surface area contributed by atoms with Crippen molar-refractivity contribution < 1.29 is 14.3 Å². The summed E-state index contributed by atoms with van der Waals surface area (Å²) in [6.07, 6.45) is 7.10. The van der Waals surface area contributed by atoms with Gasteiger partial charge in [-0.05, 0) is 65.3 Å². The molecule has 0 unspecified atom stereocenters. The first-order valence-electron chi connectivity index (χ1n) is 14.2. The molecule has 11 nitrogen and oxygen atoms in total. The number of aryl methyl sites for hydroxylation is 2. The third-order valence-corrected chi connectivity index (χ3v) is 8.35. The minimum atomic E-state index is -0.327. The number of carbonyl (C=O) groups is 2. The van der Waals surface area contributed by atoms with E-state index in [9.17, 15) is 9.59 Å². The molecule has 0 atom stereocenters. The van der Waals surface area contributed by atoms with Crippen LogP contribution < -0.4 is 20.7 Å². The van der Waals surface area contributed by atoms with Crippen LogP contribution in [0.2, 0.25) is 5.15 Å². The molecule has 0 bridgehead atoms. The van der Waals surface area contributed by atoms with Crippen LogP contribution in [-0.4, -0.2) is 69.9 Å². The van der Waals surface area contributed by atoms with Crippen molar-refractivity contribution in [2.75, 3.05) is 43.9 Å². The maximum Gasteiger partial charge on any atom is 0.260 e. The lowest BCUT2D eigenvalue weighted by Crippen LogP contribution is -2.37. The van der Waals surface area contributed by atoms with E-state index in [2.05, 4.69) is 30.2 Å². The number of nitrogens with one attached hydrogen (secondary N) is 2. The first kappa shape index (κ1) is 29.5. The molecule has 3 aromatic rings. The number of anilines is 2. The molecular weight excluding hydrogens is 556 g/mol. The highest BCUT2D eigenvalue weighted by atomic mass is 35.5. The Balaban J connectivity index is 1.45. The maximum atomic E-state index is 13.9. The summed E-state index contributed by atoms with van der Waals surface area (Å²) in [6.45, 7) is 11.2. The number of hydrogen-bond donors (Lipinski definition) is 3. The third kappa shape index (κ3) is 5.58. The van der Waals surface area contributed by atoms with Crippen LogP contribution >= 0.6 is 11.6 Å². The van der Waals surface area contributed by atoms with Crippen molar-refractivity contribution >= 4 is 46.8 Å². The van der Waals surface area contributed by atoms with Crippen molar-refractivity contribution in [2.24, 2.45) is 0 Å². The van der Waals surface area contributed by atoms with Gasteiger partial charge in [-0.1, -0.05) is 18.0 Å². The van der Waals surface area contributed by atoms with Gasteiger partial charge in [0, 0.05) is 41.8 Å². The van der Waals surface area contributed by atoms with Crippen LogP contribution in [0, 0.1) is 27.7 Å². The highest BCUT2D eigenvalue weighted by Crippen LogP contribution is 2.42. The van der Waals surface area contributed by atoms with Gasteiger partial charge < -0.3 is 25.7 Å². The van der Waals surface area contributed by atoms with Crippen LogP contribution in [-0.2, 0) is 11.3 Å². The normalized spacial score (nSPS) is 16.3. The summed E-state index contributed by atoms with van der Waals surface area (Å²) in [5.41, 5.74) is 11.6. The number of pyridine rings is 1. The van der Waals surface area contributed by atoms with Gasteiger partial charge in [-0.2, -0.15) is 4.98 Å². The van der Waals surface area contributed by atoms with E-state index in [-0.39, 0.29) is 29.5 Å². The fraction of sp³-hybridized carbons (Fsp3) is 0.433. The van der Waals surface area contributed by atoms with Crippen molar-refractivity contribution in [3.05, 3.63) is 56.2 Å². The number of H-pyrrole nitrogens is 1. The number of nitrogen functional groups attached to an aromatic ring is 1. The molecule has 222 valence electrons. The molecule has 2 amide bonds. The van der Waals surface area contributed by atoms with Crippen LogP contribution in [0.25, 0.3) is 11.6 Å². The zero-order chi connectivity index (χ0) is 30.1. The number of rotatable bonds is 8. The lowest BCUT2D eigenvalue weighted by atomic mass is 10.1. The van der Waals surface area contributed by atoms with Crippen molar-refractivity contribution in [1.29, 1.82) is 0 Å². The monoisotopic (exact) mass is 592 g/mol. The fourth-order valence-electron chi connectivity index (χ4n) is 5.88. The molecule has 0 spiro atoms. The molecule has 3 aromatic heterocycles.